The predicted octanol–water partition coefficient (Wildman–Crippen LogP) is 3.91. The van der Waals surface area contributed by atoms with Crippen LogP contribution in [0.15, 0.2) is 53.4 Å². The lowest BCUT2D eigenvalue weighted by Gasteiger charge is -2.32. The average molecular weight is 500 g/mol. The zero-order chi connectivity index (χ0) is 25.4. The van der Waals surface area contributed by atoms with Crippen LogP contribution in [-0.4, -0.2) is 51.8 Å². The number of hydrogen-bond acceptors (Lipinski definition) is 4. The molecule has 8 heteroatoms. The van der Waals surface area contributed by atoms with E-state index in [1.165, 1.54) is 5.56 Å². The van der Waals surface area contributed by atoms with E-state index in [0.717, 1.165) is 36.8 Å². The van der Waals surface area contributed by atoms with Crippen LogP contribution in [0.2, 0.25) is 0 Å². The fraction of sp³-hybridized carbons (Fsp3) is 0.481. The van der Waals surface area contributed by atoms with Gasteiger partial charge in [-0.2, -0.15) is 0 Å². The molecular formula is C27H37N3O4S. The van der Waals surface area contributed by atoms with Crippen molar-refractivity contribution in [3.8, 4) is 11.1 Å². The second kappa shape index (κ2) is 12.3. The fourth-order valence-electron chi connectivity index (χ4n) is 4.40. The van der Waals surface area contributed by atoms with Crippen molar-refractivity contribution in [1.29, 1.82) is 0 Å². The van der Waals surface area contributed by atoms with E-state index in [1.54, 1.807) is 30.1 Å². The maximum atomic E-state index is 12.9. The molecule has 1 fully saturated rings. The Morgan fingerprint density at radius 2 is 1.71 bits per heavy atom. The molecule has 0 unspecified atom stereocenters. The maximum absolute atomic E-state index is 12.9. The van der Waals surface area contributed by atoms with Gasteiger partial charge in [-0.3, -0.25) is 9.59 Å². The van der Waals surface area contributed by atoms with Crippen LogP contribution in [0, 0.1) is 5.92 Å². The number of benzene rings is 2. The number of nitrogens with one attached hydrogen (secondary N) is 2. The summed E-state index contributed by atoms with van der Waals surface area (Å²) in [6.45, 7) is 5.25. The zero-order valence-electron chi connectivity index (χ0n) is 20.9. The first-order valence-electron chi connectivity index (χ1n) is 12.4. The van der Waals surface area contributed by atoms with Crippen LogP contribution in [-0.2, 0) is 19.6 Å². The third-order valence-corrected chi connectivity index (χ3v) is 8.13. The zero-order valence-corrected chi connectivity index (χ0v) is 21.7. The minimum Gasteiger partial charge on any atom is -0.359 e. The van der Waals surface area contributed by atoms with Crippen LogP contribution in [0.3, 0.4) is 0 Å². The van der Waals surface area contributed by atoms with Gasteiger partial charge in [0, 0.05) is 26.6 Å². The summed E-state index contributed by atoms with van der Waals surface area (Å²) >= 11 is 0. The Balaban J connectivity index is 1.52. The van der Waals surface area contributed by atoms with Crippen molar-refractivity contribution in [2.75, 3.05) is 26.7 Å². The third-order valence-electron chi connectivity index (χ3n) is 6.73. The Kier molecular flexibility index (Phi) is 9.46. The first-order valence-corrected chi connectivity index (χ1v) is 13.9. The van der Waals surface area contributed by atoms with Gasteiger partial charge in [0.2, 0.25) is 21.8 Å². The van der Waals surface area contributed by atoms with E-state index in [2.05, 4.69) is 36.0 Å². The molecular weight excluding hydrogens is 462 g/mol. The first-order chi connectivity index (χ1) is 16.7. The smallest absolute Gasteiger partial charge is 0.241 e. The monoisotopic (exact) mass is 499 g/mol. The third kappa shape index (κ3) is 7.64. The fourth-order valence-corrected chi connectivity index (χ4v) is 5.42. The largest absolute Gasteiger partial charge is 0.359 e. The normalized spacial score (nSPS) is 14.8. The van der Waals surface area contributed by atoms with Crippen LogP contribution in [0.4, 0.5) is 0 Å². The molecule has 7 nitrogen and oxygen atoms in total. The number of hydrogen-bond donors (Lipinski definition) is 2. The van der Waals surface area contributed by atoms with Crippen molar-refractivity contribution < 1.29 is 18.0 Å². The summed E-state index contributed by atoms with van der Waals surface area (Å²) in [6, 6.07) is 14.9. The predicted molar refractivity (Wildman–Crippen MR) is 138 cm³/mol. The summed E-state index contributed by atoms with van der Waals surface area (Å²) in [7, 11) is -2.17. The molecule has 0 saturated carbocycles. The average Bonchev–Trinajstić information content (AvgIpc) is 2.87. The molecule has 1 saturated heterocycles. The Morgan fingerprint density at radius 3 is 2.34 bits per heavy atom. The van der Waals surface area contributed by atoms with Gasteiger partial charge in [0.15, 0.2) is 0 Å². The van der Waals surface area contributed by atoms with Gasteiger partial charge in [-0.25, -0.2) is 13.1 Å². The lowest BCUT2D eigenvalue weighted by Crippen LogP contribution is -2.44. The molecule has 2 aromatic rings. The highest BCUT2D eigenvalue weighted by Gasteiger charge is 2.24. The topological polar surface area (TPSA) is 95.6 Å². The summed E-state index contributed by atoms with van der Waals surface area (Å²) in [6.07, 6.45) is 4.10. The van der Waals surface area contributed by atoms with E-state index in [1.807, 2.05) is 18.2 Å². The Morgan fingerprint density at radius 1 is 1.03 bits per heavy atom. The van der Waals surface area contributed by atoms with Gasteiger partial charge < -0.3 is 10.2 Å². The van der Waals surface area contributed by atoms with Crippen molar-refractivity contribution in [3.05, 3.63) is 54.1 Å². The van der Waals surface area contributed by atoms with Crippen LogP contribution in [0.5, 0.6) is 0 Å². The molecule has 0 bridgehead atoms. The van der Waals surface area contributed by atoms with Gasteiger partial charge in [-0.1, -0.05) is 50.2 Å². The molecule has 3 rings (SSSR count). The maximum Gasteiger partial charge on any atom is 0.241 e. The molecule has 2 aromatic carbocycles. The lowest BCUT2D eigenvalue weighted by atomic mass is 9.91. The molecule has 0 aliphatic carbocycles. The van der Waals surface area contributed by atoms with Gasteiger partial charge in [-0.15, -0.1) is 0 Å². The van der Waals surface area contributed by atoms with Crippen molar-refractivity contribution in [3.63, 3.8) is 0 Å². The summed E-state index contributed by atoms with van der Waals surface area (Å²) < 4.78 is 28.2. The highest BCUT2D eigenvalue weighted by atomic mass is 32.2. The van der Waals surface area contributed by atoms with Crippen LogP contribution < -0.4 is 10.0 Å². The highest BCUT2D eigenvalue weighted by Crippen LogP contribution is 2.25. The minimum absolute atomic E-state index is 0.0551. The molecule has 0 atom stereocenters. The molecule has 1 aliphatic rings. The number of rotatable bonds is 10. The molecule has 0 radical (unpaired) electrons. The van der Waals surface area contributed by atoms with Crippen molar-refractivity contribution >= 4 is 21.8 Å². The number of likely N-dealkylation sites (tertiary alicyclic amines) is 1. The number of carbonyl (C=O) groups is 2. The Bertz CT molecular complexity index is 1110. The van der Waals surface area contributed by atoms with Crippen LogP contribution in [0.25, 0.3) is 11.1 Å². The quantitative estimate of drug-likeness (QED) is 0.518. The van der Waals surface area contributed by atoms with E-state index in [9.17, 15) is 18.0 Å². The summed E-state index contributed by atoms with van der Waals surface area (Å²) in [4.78, 5) is 25.9. The lowest BCUT2D eigenvalue weighted by molar-refractivity contribution is -0.131. The van der Waals surface area contributed by atoms with Crippen LogP contribution >= 0.6 is 0 Å². The highest BCUT2D eigenvalue weighted by molar-refractivity contribution is 7.89. The SMILES string of the molecule is CNC(=O)CCCC1CCN(C(=O)CNS(=O)(=O)c2cccc(-c3ccc(C(C)C)cc3)c2)CC1. The molecule has 0 aromatic heterocycles. The molecule has 2 amide bonds. The number of piperidine rings is 1. The molecule has 0 spiro atoms. The summed E-state index contributed by atoms with van der Waals surface area (Å²) in [5, 5.41) is 2.63. The van der Waals surface area contributed by atoms with Crippen molar-refractivity contribution in [1.82, 2.24) is 14.9 Å². The van der Waals surface area contributed by atoms with Crippen LogP contribution in [0.1, 0.15) is 57.4 Å². The molecule has 1 heterocycles. The van der Waals surface area contributed by atoms with Crippen molar-refractivity contribution in [2.45, 2.75) is 56.8 Å². The van der Waals surface area contributed by atoms with Gasteiger partial charge in [0.25, 0.3) is 0 Å². The van der Waals surface area contributed by atoms with Gasteiger partial charge in [-0.05, 0) is 66.3 Å². The number of sulfonamides is 1. The number of carbonyl (C=O) groups excluding carboxylic acids is 2. The summed E-state index contributed by atoms with van der Waals surface area (Å²) in [5.41, 5.74) is 2.99. The molecule has 190 valence electrons. The van der Waals surface area contributed by atoms with Gasteiger partial charge in [0.1, 0.15) is 0 Å². The molecule has 2 N–H and O–H groups in total. The standard InChI is InChI=1S/C27H37N3O4S/c1-20(2)22-10-12-23(13-11-22)24-7-5-8-25(18-24)35(33,34)29-19-27(32)30-16-14-21(15-17-30)6-4-9-26(31)28-3/h5,7-8,10-13,18,20-21,29H,4,6,9,14-17,19H2,1-3H3,(H,28,31). The van der Waals surface area contributed by atoms with E-state index in [0.29, 0.717) is 31.3 Å². The second-order valence-electron chi connectivity index (χ2n) is 9.52. The minimum atomic E-state index is -3.81. The van der Waals surface area contributed by atoms with Crippen molar-refractivity contribution in [2.24, 2.45) is 5.92 Å². The summed E-state index contributed by atoms with van der Waals surface area (Å²) in [5.74, 6) is 0.771. The van der Waals surface area contributed by atoms with Gasteiger partial charge in [0.05, 0.1) is 11.4 Å². The van der Waals surface area contributed by atoms with Gasteiger partial charge >= 0.3 is 0 Å². The number of amides is 2. The van der Waals surface area contributed by atoms with E-state index < -0.39 is 10.0 Å². The molecule has 1 aliphatic heterocycles. The first kappa shape index (κ1) is 26.9. The number of nitrogens with zero attached hydrogens (tertiary/aromatic N) is 1. The Hall–Kier alpha value is -2.71. The second-order valence-corrected chi connectivity index (χ2v) is 11.3. The molecule has 35 heavy (non-hydrogen) atoms. The Labute approximate surface area is 209 Å². The van der Waals surface area contributed by atoms with E-state index in [-0.39, 0.29) is 23.3 Å². The van der Waals surface area contributed by atoms with E-state index >= 15 is 0 Å². The van der Waals surface area contributed by atoms with E-state index in [4.69, 9.17) is 0 Å².